The van der Waals surface area contributed by atoms with Gasteiger partial charge in [0.2, 0.25) is 5.96 Å². The van der Waals surface area contributed by atoms with Crippen LogP contribution in [-0.2, 0) is 0 Å². The molecule has 0 saturated carbocycles. The number of hydrogen-bond donors (Lipinski definition) is 2. The van der Waals surface area contributed by atoms with Crippen molar-refractivity contribution in [3.05, 3.63) is 24.3 Å². The number of ether oxygens (including phenoxy) is 1. The fourth-order valence-electron chi connectivity index (χ4n) is 2.42. The van der Waals surface area contributed by atoms with Crippen LogP contribution in [0.25, 0.3) is 0 Å². The zero-order chi connectivity index (χ0) is 15.1. The number of nitrogens with one attached hydrogen (secondary N) is 1. The van der Waals surface area contributed by atoms with Crippen molar-refractivity contribution in [2.24, 2.45) is 10.8 Å². The van der Waals surface area contributed by atoms with E-state index in [0.717, 1.165) is 50.9 Å². The zero-order valence-electron chi connectivity index (χ0n) is 12.9. The first-order chi connectivity index (χ1) is 10.3. The van der Waals surface area contributed by atoms with Crippen molar-refractivity contribution in [2.75, 3.05) is 44.7 Å². The number of piperazine rings is 1. The number of hydrazine groups is 1. The van der Waals surface area contributed by atoms with E-state index in [2.05, 4.69) is 39.3 Å². The Hall–Kier alpha value is -1.95. The molecule has 0 amide bonds. The molecular formula is C15H25N5O. The van der Waals surface area contributed by atoms with E-state index in [9.17, 15) is 0 Å². The molecule has 116 valence electrons. The lowest BCUT2D eigenvalue weighted by Crippen LogP contribution is -2.54. The van der Waals surface area contributed by atoms with Crippen LogP contribution in [0.2, 0.25) is 0 Å². The lowest BCUT2D eigenvalue weighted by molar-refractivity contribution is 0.372. The Labute approximate surface area is 126 Å². The average Bonchev–Trinajstić information content (AvgIpc) is 2.56. The first-order valence-electron chi connectivity index (χ1n) is 7.43. The largest absolute Gasteiger partial charge is 0.497 e. The van der Waals surface area contributed by atoms with Gasteiger partial charge in [-0.3, -0.25) is 10.4 Å². The first kappa shape index (κ1) is 15.4. The van der Waals surface area contributed by atoms with Gasteiger partial charge in [-0.15, -0.1) is 0 Å². The summed E-state index contributed by atoms with van der Waals surface area (Å²) in [6.45, 7) is 6.66. The van der Waals surface area contributed by atoms with Gasteiger partial charge >= 0.3 is 0 Å². The van der Waals surface area contributed by atoms with Gasteiger partial charge in [0.05, 0.1) is 7.11 Å². The molecule has 6 nitrogen and oxygen atoms in total. The lowest BCUT2D eigenvalue weighted by Gasteiger charge is -2.37. The molecule has 0 aromatic heterocycles. The summed E-state index contributed by atoms with van der Waals surface area (Å²) in [5.41, 5.74) is 3.94. The molecule has 1 fully saturated rings. The molecule has 1 aliphatic rings. The molecule has 1 aromatic carbocycles. The van der Waals surface area contributed by atoms with E-state index in [4.69, 9.17) is 10.6 Å². The monoisotopic (exact) mass is 291 g/mol. The van der Waals surface area contributed by atoms with Crippen LogP contribution in [0.1, 0.15) is 13.3 Å². The van der Waals surface area contributed by atoms with Crippen LogP contribution in [0.5, 0.6) is 5.75 Å². The van der Waals surface area contributed by atoms with E-state index >= 15 is 0 Å². The minimum atomic E-state index is 0.797. The number of rotatable bonds is 4. The number of anilines is 1. The minimum absolute atomic E-state index is 0.797. The highest BCUT2D eigenvalue weighted by Crippen LogP contribution is 2.20. The summed E-state index contributed by atoms with van der Waals surface area (Å²) in [6, 6.07) is 8.19. The van der Waals surface area contributed by atoms with Crippen molar-refractivity contribution in [3.63, 3.8) is 0 Å². The maximum atomic E-state index is 5.57. The molecule has 2 rings (SSSR count). The Morgan fingerprint density at radius 2 is 1.90 bits per heavy atom. The van der Waals surface area contributed by atoms with Crippen LogP contribution in [0.4, 0.5) is 5.69 Å². The zero-order valence-corrected chi connectivity index (χ0v) is 12.9. The Balaban J connectivity index is 1.92. The van der Waals surface area contributed by atoms with Crippen LogP contribution < -0.4 is 20.9 Å². The maximum Gasteiger partial charge on any atom is 0.208 e. The van der Waals surface area contributed by atoms with Gasteiger partial charge < -0.3 is 14.5 Å². The van der Waals surface area contributed by atoms with Gasteiger partial charge in [-0.25, -0.2) is 5.84 Å². The van der Waals surface area contributed by atoms with Gasteiger partial charge in [-0.1, -0.05) is 6.92 Å². The number of methoxy groups -OCH3 is 1. The van der Waals surface area contributed by atoms with Gasteiger partial charge in [0.25, 0.3) is 0 Å². The van der Waals surface area contributed by atoms with Gasteiger partial charge in [0.15, 0.2) is 0 Å². The topological polar surface area (TPSA) is 66.1 Å². The summed E-state index contributed by atoms with van der Waals surface area (Å²) in [7, 11) is 1.69. The van der Waals surface area contributed by atoms with Gasteiger partial charge in [0, 0.05) is 38.4 Å². The van der Waals surface area contributed by atoms with E-state index < -0.39 is 0 Å². The number of hydrogen-bond acceptors (Lipinski definition) is 4. The molecule has 3 N–H and O–H groups in total. The number of guanidine groups is 1. The molecular weight excluding hydrogens is 266 g/mol. The van der Waals surface area contributed by atoms with Crippen molar-refractivity contribution < 1.29 is 4.74 Å². The molecule has 0 atom stereocenters. The number of aliphatic imine (C=N–C) groups is 1. The molecule has 0 spiro atoms. The second-order valence-electron chi connectivity index (χ2n) is 5.02. The van der Waals surface area contributed by atoms with Crippen molar-refractivity contribution in [1.29, 1.82) is 0 Å². The van der Waals surface area contributed by atoms with E-state index in [1.165, 1.54) is 5.69 Å². The fourth-order valence-corrected chi connectivity index (χ4v) is 2.42. The summed E-state index contributed by atoms with van der Waals surface area (Å²) in [5, 5.41) is 0. The first-order valence-corrected chi connectivity index (χ1v) is 7.43. The second kappa shape index (κ2) is 7.73. The summed E-state index contributed by atoms with van der Waals surface area (Å²) < 4.78 is 5.19. The maximum absolute atomic E-state index is 5.57. The molecule has 6 heteroatoms. The van der Waals surface area contributed by atoms with Crippen LogP contribution in [0, 0.1) is 0 Å². The third-order valence-electron chi connectivity index (χ3n) is 3.63. The van der Waals surface area contributed by atoms with E-state index in [0.29, 0.717) is 0 Å². The summed E-state index contributed by atoms with van der Waals surface area (Å²) in [5.74, 6) is 7.26. The second-order valence-corrected chi connectivity index (χ2v) is 5.02. The third-order valence-corrected chi connectivity index (χ3v) is 3.63. The number of nitrogens with two attached hydrogens (primary N) is 1. The van der Waals surface area contributed by atoms with Crippen molar-refractivity contribution in [2.45, 2.75) is 13.3 Å². The molecule has 21 heavy (non-hydrogen) atoms. The Bertz CT molecular complexity index is 452. The Kier molecular flexibility index (Phi) is 5.68. The lowest BCUT2D eigenvalue weighted by atomic mass is 10.2. The quantitative estimate of drug-likeness (QED) is 0.376. The summed E-state index contributed by atoms with van der Waals surface area (Å²) >= 11 is 0. The molecule has 0 radical (unpaired) electrons. The highest BCUT2D eigenvalue weighted by molar-refractivity contribution is 5.79. The smallest absolute Gasteiger partial charge is 0.208 e. The Morgan fingerprint density at radius 1 is 1.24 bits per heavy atom. The predicted molar refractivity (Wildman–Crippen MR) is 86.7 cm³/mol. The van der Waals surface area contributed by atoms with Crippen LogP contribution in [0.3, 0.4) is 0 Å². The molecule has 1 aliphatic heterocycles. The molecule has 1 aromatic rings. The molecule has 0 aliphatic carbocycles. The molecule has 0 bridgehead atoms. The molecule has 1 saturated heterocycles. The van der Waals surface area contributed by atoms with Crippen molar-refractivity contribution >= 4 is 11.6 Å². The highest BCUT2D eigenvalue weighted by atomic mass is 16.5. The third kappa shape index (κ3) is 4.01. The van der Waals surface area contributed by atoms with Crippen LogP contribution in [-0.4, -0.2) is 50.7 Å². The number of nitrogens with zero attached hydrogens (tertiary/aromatic N) is 3. The molecule has 1 heterocycles. The van der Waals surface area contributed by atoms with E-state index in [1.807, 2.05) is 12.1 Å². The van der Waals surface area contributed by atoms with Crippen LogP contribution in [0.15, 0.2) is 29.3 Å². The standard InChI is InChI=1S/C15H25N5O/c1-3-8-17-15(18-16)20-11-9-19(10-12-20)13-4-6-14(21-2)7-5-13/h4-7H,3,8-12,16H2,1-2H3,(H,17,18). The highest BCUT2D eigenvalue weighted by Gasteiger charge is 2.19. The normalized spacial score (nSPS) is 16.0. The SMILES string of the molecule is CCCN=C(NN)N1CCN(c2ccc(OC)cc2)CC1. The molecule has 0 unspecified atom stereocenters. The predicted octanol–water partition coefficient (Wildman–Crippen LogP) is 1.05. The average molecular weight is 291 g/mol. The number of benzene rings is 1. The van der Waals surface area contributed by atoms with E-state index in [-0.39, 0.29) is 0 Å². The van der Waals surface area contributed by atoms with Crippen molar-refractivity contribution in [3.8, 4) is 5.75 Å². The summed E-state index contributed by atoms with van der Waals surface area (Å²) in [6.07, 6.45) is 1.02. The van der Waals surface area contributed by atoms with E-state index in [1.54, 1.807) is 7.11 Å². The van der Waals surface area contributed by atoms with Gasteiger partial charge in [-0.2, -0.15) is 0 Å². The van der Waals surface area contributed by atoms with Gasteiger partial charge in [-0.05, 0) is 30.7 Å². The van der Waals surface area contributed by atoms with Crippen LogP contribution >= 0.6 is 0 Å². The van der Waals surface area contributed by atoms with Crippen molar-refractivity contribution in [1.82, 2.24) is 10.3 Å². The summed E-state index contributed by atoms with van der Waals surface area (Å²) in [4.78, 5) is 9.05. The minimum Gasteiger partial charge on any atom is -0.497 e. The Morgan fingerprint density at radius 3 is 2.43 bits per heavy atom. The van der Waals surface area contributed by atoms with Gasteiger partial charge in [0.1, 0.15) is 5.75 Å². The fraction of sp³-hybridized carbons (Fsp3) is 0.533.